The zero-order chi connectivity index (χ0) is 30.1. The SMILES string of the molecule is CC(C)C(NC(=O)C(CCC(=O)O)NC(=O)C(Cc1c[nH]c2ccccc12)NC(=O)C(N)Cc1cnc[nH]1)C(=O)O. The van der Waals surface area contributed by atoms with E-state index >= 15 is 0 Å². The van der Waals surface area contributed by atoms with Crippen molar-refractivity contribution in [3.8, 4) is 0 Å². The van der Waals surface area contributed by atoms with Crippen LogP contribution in [0.3, 0.4) is 0 Å². The number of aromatic amines is 2. The molecule has 220 valence electrons. The number of carbonyl (C=O) groups excluding carboxylic acids is 3. The van der Waals surface area contributed by atoms with Crippen LogP contribution in [0.5, 0.6) is 0 Å². The van der Waals surface area contributed by atoms with Crippen molar-refractivity contribution in [3.05, 3.63) is 54.2 Å². The number of fused-ring (bicyclic) bond motifs is 1. The summed E-state index contributed by atoms with van der Waals surface area (Å²) in [5.41, 5.74) is 8.22. The number of carboxylic acid groups (broad SMARTS) is 2. The minimum Gasteiger partial charge on any atom is -0.481 e. The fraction of sp³-hybridized carbons (Fsp3) is 0.407. The number of amides is 3. The smallest absolute Gasteiger partial charge is 0.326 e. The molecule has 0 fully saturated rings. The van der Waals surface area contributed by atoms with Gasteiger partial charge in [-0.3, -0.25) is 19.2 Å². The highest BCUT2D eigenvalue weighted by atomic mass is 16.4. The fourth-order valence-corrected chi connectivity index (χ4v) is 4.31. The molecule has 2 aromatic heterocycles. The Morgan fingerprint density at radius 1 is 0.927 bits per heavy atom. The Labute approximate surface area is 235 Å². The number of hydrogen-bond donors (Lipinski definition) is 8. The zero-order valence-electron chi connectivity index (χ0n) is 22.7. The van der Waals surface area contributed by atoms with Gasteiger partial charge in [0.25, 0.3) is 0 Å². The molecule has 0 spiro atoms. The van der Waals surface area contributed by atoms with Gasteiger partial charge in [-0.05, 0) is 24.0 Å². The monoisotopic (exact) mass is 569 g/mol. The number of H-pyrrole nitrogens is 2. The molecule has 0 radical (unpaired) electrons. The van der Waals surface area contributed by atoms with E-state index in [0.717, 1.165) is 10.9 Å². The topological polar surface area (TPSA) is 232 Å². The molecule has 4 unspecified atom stereocenters. The van der Waals surface area contributed by atoms with Crippen LogP contribution in [-0.2, 0) is 36.8 Å². The number of carbonyl (C=O) groups is 5. The zero-order valence-corrected chi connectivity index (χ0v) is 22.7. The van der Waals surface area contributed by atoms with Crippen molar-refractivity contribution >= 4 is 40.6 Å². The third-order valence-corrected chi connectivity index (χ3v) is 6.57. The van der Waals surface area contributed by atoms with Gasteiger partial charge in [-0.1, -0.05) is 32.0 Å². The van der Waals surface area contributed by atoms with Crippen LogP contribution >= 0.6 is 0 Å². The second-order valence-electron chi connectivity index (χ2n) is 10.1. The second-order valence-corrected chi connectivity index (χ2v) is 10.1. The summed E-state index contributed by atoms with van der Waals surface area (Å²) in [7, 11) is 0. The molecule has 14 heteroatoms. The van der Waals surface area contributed by atoms with Gasteiger partial charge in [0, 0.05) is 48.3 Å². The van der Waals surface area contributed by atoms with Gasteiger partial charge in [-0.25, -0.2) is 9.78 Å². The molecule has 14 nitrogen and oxygen atoms in total. The summed E-state index contributed by atoms with van der Waals surface area (Å²) in [5, 5.41) is 27.0. The van der Waals surface area contributed by atoms with Crippen molar-refractivity contribution < 1.29 is 34.2 Å². The summed E-state index contributed by atoms with van der Waals surface area (Å²) in [5.74, 6) is -5.20. The lowest BCUT2D eigenvalue weighted by Crippen LogP contribution is -2.58. The number of imidazole rings is 1. The second kappa shape index (κ2) is 14.1. The number of para-hydroxylation sites is 1. The van der Waals surface area contributed by atoms with E-state index < -0.39 is 66.2 Å². The quantitative estimate of drug-likeness (QED) is 0.123. The third-order valence-electron chi connectivity index (χ3n) is 6.57. The standard InChI is InChI=1S/C27H35N7O7/c1-14(2)23(27(40)41)34-25(38)20(7-8-22(35)36)32-26(39)21(9-15-11-30-19-6-4-3-5-17(15)19)33-24(37)18(28)10-16-12-29-13-31-16/h3-6,11-14,18,20-21,23,30H,7-10,28H2,1-2H3,(H,29,31)(H,32,39)(H,33,37)(H,34,38)(H,35,36)(H,40,41). The van der Waals surface area contributed by atoms with Crippen LogP contribution in [0.2, 0.25) is 0 Å². The fourth-order valence-electron chi connectivity index (χ4n) is 4.31. The first kappa shape index (κ1) is 30.8. The number of rotatable bonds is 15. The number of hydrogen-bond acceptors (Lipinski definition) is 7. The normalized spacial score (nSPS) is 14.1. The number of benzene rings is 1. The molecule has 3 aromatic rings. The van der Waals surface area contributed by atoms with Gasteiger partial charge in [-0.15, -0.1) is 0 Å². The first-order valence-electron chi connectivity index (χ1n) is 13.1. The van der Waals surface area contributed by atoms with E-state index in [4.69, 9.17) is 5.73 Å². The van der Waals surface area contributed by atoms with Gasteiger partial charge < -0.3 is 41.9 Å². The molecule has 41 heavy (non-hydrogen) atoms. The van der Waals surface area contributed by atoms with E-state index in [2.05, 4.69) is 30.9 Å². The molecule has 9 N–H and O–H groups in total. The van der Waals surface area contributed by atoms with E-state index in [-0.39, 0.29) is 19.3 Å². The van der Waals surface area contributed by atoms with Crippen LogP contribution in [0.1, 0.15) is 37.9 Å². The van der Waals surface area contributed by atoms with E-state index in [1.165, 1.54) is 12.5 Å². The Morgan fingerprint density at radius 2 is 1.61 bits per heavy atom. The molecule has 0 aliphatic rings. The molecule has 0 saturated carbocycles. The highest BCUT2D eigenvalue weighted by Crippen LogP contribution is 2.19. The van der Waals surface area contributed by atoms with E-state index in [1.54, 1.807) is 20.0 Å². The molecule has 0 bridgehead atoms. The van der Waals surface area contributed by atoms with Crippen LogP contribution < -0.4 is 21.7 Å². The third kappa shape index (κ3) is 8.63. The number of carboxylic acids is 2. The summed E-state index contributed by atoms with van der Waals surface area (Å²) in [6, 6.07) is 2.52. The van der Waals surface area contributed by atoms with Crippen LogP contribution in [0.25, 0.3) is 10.9 Å². The first-order valence-corrected chi connectivity index (χ1v) is 13.1. The van der Waals surface area contributed by atoms with Crippen LogP contribution in [0.15, 0.2) is 43.0 Å². The van der Waals surface area contributed by atoms with Crippen molar-refractivity contribution in [1.29, 1.82) is 0 Å². The number of nitrogens with one attached hydrogen (secondary N) is 5. The van der Waals surface area contributed by atoms with E-state index in [0.29, 0.717) is 11.3 Å². The minimum atomic E-state index is -1.37. The average Bonchev–Trinajstić information content (AvgIpc) is 3.58. The predicted octanol–water partition coefficient (Wildman–Crippen LogP) is 0.0633. The Balaban J connectivity index is 1.84. The average molecular weight is 570 g/mol. The minimum absolute atomic E-state index is 0.0232. The summed E-state index contributed by atoms with van der Waals surface area (Å²) in [6.07, 6.45) is 4.06. The van der Waals surface area contributed by atoms with Crippen molar-refractivity contribution in [2.75, 3.05) is 0 Å². The lowest BCUT2D eigenvalue weighted by atomic mass is 10.0. The van der Waals surface area contributed by atoms with E-state index in [1.807, 2.05) is 24.3 Å². The summed E-state index contributed by atoms with van der Waals surface area (Å²) >= 11 is 0. The van der Waals surface area contributed by atoms with Crippen molar-refractivity contribution in [1.82, 2.24) is 30.9 Å². The Hall–Kier alpha value is -4.72. The van der Waals surface area contributed by atoms with Gasteiger partial charge in [0.15, 0.2) is 0 Å². The van der Waals surface area contributed by atoms with Crippen LogP contribution in [-0.4, -0.2) is 79.0 Å². The molecule has 1 aromatic carbocycles. The van der Waals surface area contributed by atoms with Gasteiger partial charge >= 0.3 is 11.9 Å². The Bertz CT molecular complexity index is 1370. The molecule has 0 aliphatic heterocycles. The molecule has 0 saturated heterocycles. The van der Waals surface area contributed by atoms with Gasteiger partial charge in [-0.2, -0.15) is 0 Å². The summed E-state index contributed by atoms with van der Waals surface area (Å²) in [6.45, 7) is 3.20. The van der Waals surface area contributed by atoms with E-state index in [9.17, 15) is 34.2 Å². The molecule has 2 heterocycles. The highest BCUT2D eigenvalue weighted by molar-refractivity contribution is 5.95. The van der Waals surface area contributed by atoms with Crippen molar-refractivity contribution in [3.63, 3.8) is 0 Å². The maximum absolute atomic E-state index is 13.6. The molecular weight excluding hydrogens is 534 g/mol. The number of aromatic nitrogens is 3. The lowest BCUT2D eigenvalue weighted by molar-refractivity contribution is -0.144. The predicted molar refractivity (Wildman–Crippen MR) is 147 cm³/mol. The maximum atomic E-state index is 13.6. The van der Waals surface area contributed by atoms with Gasteiger partial charge in [0.1, 0.15) is 18.1 Å². The van der Waals surface area contributed by atoms with Crippen molar-refractivity contribution in [2.24, 2.45) is 11.7 Å². The van der Waals surface area contributed by atoms with Gasteiger partial charge in [0.2, 0.25) is 17.7 Å². The molecule has 0 aliphatic carbocycles. The number of nitrogens with two attached hydrogens (primary N) is 1. The summed E-state index contributed by atoms with van der Waals surface area (Å²) < 4.78 is 0. The number of nitrogens with zero attached hydrogens (tertiary/aromatic N) is 1. The lowest BCUT2D eigenvalue weighted by Gasteiger charge is -2.26. The molecular formula is C27H35N7O7. The first-order chi connectivity index (χ1) is 19.5. The molecule has 3 rings (SSSR count). The van der Waals surface area contributed by atoms with Gasteiger partial charge in [0.05, 0.1) is 12.4 Å². The highest BCUT2D eigenvalue weighted by Gasteiger charge is 2.32. The Kier molecular flexibility index (Phi) is 10.6. The largest absolute Gasteiger partial charge is 0.481 e. The maximum Gasteiger partial charge on any atom is 0.326 e. The molecule has 3 amide bonds. The van der Waals surface area contributed by atoms with Crippen LogP contribution in [0.4, 0.5) is 0 Å². The van der Waals surface area contributed by atoms with Crippen LogP contribution in [0, 0.1) is 5.92 Å². The Morgan fingerprint density at radius 3 is 2.24 bits per heavy atom. The van der Waals surface area contributed by atoms with Crippen molar-refractivity contribution in [2.45, 2.75) is 63.7 Å². The number of aliphatic carboxylic acids is 2. The summed E-state index contributed by atoms with van der Waals surface area (Å²) in [4.78, 5) is 72.3. The molecule has 4 atom stereocenters.